The number of nitrogens with zero attached hydrogens (tertiary/aromatic N) is 6. The molecule has 0 aromatic carbocycles. The average molecular weight is 432 g/mol. The second kappa shape index (κ2) is 9.38. The van der Waals surface area contributed by atoms with Crippen molar-refractivity contribution in [3.8, 4) is 11.4 Å². The highest BCUT2D eigenvalue weighted by Crippen LogP contribution is 2.31. The van der Waals surface area contributed by atoms with Crippen LogP contribution in [0.1, 0.15) is 63.9 Å². The number of amides is 1. The molecular formula is C24H29N7O. The lowest BCUT2D eigenvalue weighted by molar-refractivity contribution is -0.132. The molecule has 0 radical (unpaired) electrons. The number of hydrogen-bond donors (Lipinski definition) is 1. The summed E-state index contributed by atoms with van der Waals surface area (Å²) in [6.07, 6.45) is 8.65. The Morgan fingerprint density at radius 1 is 1.09 bits per heavy atom. The van der Waals surface area contributed by atoms with E-state index < -0.39 is 0 Å². The van der Waals surface area contributed by atoms with Gasteiger partial charge in [-0.1, -0.05) is 13.8 Å². The third-order valence-corrected chi connectivity index (χ3v) is 5.87. The van der Waals surface area contributed by atoms with Crippen molar-refractivity contribution in [1.29, 1.82) is 0 Å². The van der Waals surface area contributed by atoms with Gasteiger partial charge < -0.3 is 10.2 Å². The third kappa shape index (κ3) is 4.90. The molecule has 32 heavy (non-hydrogen) atoms. The summed E-state index contributed by atoms with van der Waals surface area (Å²) in [5.74, 6) is 1.88. The van der Waals surface area contributed by atoms with Crippen LogP contribution in [0.4, 0.5) is 11.5 Å². The Balaban J connectivity index is 1.70. The minimum Gasteiger partial charge on any atom is -0.340 e. The first kappa shape index (κ1) is 21.8. The summed E-state index contributed by atoms with van der Waals surface area (Å²) in [4.78, 5) is 36.8. The van der Waals surface area contributed by atoms with Crippen LogP contribution in [0.5, 0.6) is 0 Å². The van der Waals surface area contributed by atoms with Gasteiger partial charge in [0.05, 0.1) is 11.9 Å². The number of carbonyl (C=O) groups excluding carboxylic acids is 1. The summed E-state index contributed by atoms with van der Waals surface area (Å²) < 4.78 is 0. The Morgan fingerprint density at radius 2 is 1.94 bits per heavy atom. The van der Waals surface area contributed by atoms with E-state index in [4.69, 9.17) is 9.97 Å². The zero-order valence-electron chi connectivity index (χ0n) is 19.0. The van der Waals surface area contributed by atoms with Crippen molar-refractivity contribution < 1.29 is 4.79 Å². The topological polar surface area (TPSA) is 96.8 Å². The number of pyridine rings is 1. The van der Waals surface area contributed by atoms with Gasteiger partial charge in [0.2, 0.25) is 5.91 Å². The Bertz CT molecular complexity index is 1090. The van der Waals surface area contributed by atoms with Crippen LogP contribution in [0.15, 0.2) is 43.0 Å². The maximum Gasteiger partial charge on any atom is 0.219 e. The van der Waals surface area contributed by atoms with E-state index in [2.05, 4.69) is 41.0 Å². The summed E-state index contributed by atoms with van der Waals surface area (Å²) in [6, 6.07) is 6.08. The number of anilines is 2. The second-order valence-electron chi connectivity index (χ2n) is 8.63. The molecule has 3 aromatic rings. The van der Waals surface area contributed by atoms with Crippen molar-refractivity contribution in [2.24, 2.45) is 0 Å². The highest BCUT2D eigenvalue weighted by Gasteiger charge is 2.30. The van der Waals surface area contributed by atoms with Gasteiger partial charge in [0.1, 0.15) is 17.3 Å². The van der Waals surface area contributed by atoms with Crippen LogP contribution in [-0.2, 0) is 4.79 Å². The minimum atomic E-state index is 0.0657. The molecule has 1 amide bonds. The monoisotopic (exact) mass is 431 g/mol. The lowest BCUT2D eigenvalue weighted by Crippen LogP contribution is -2.44. The predicted molar refractivity (Wildman–Crippen MR) is 123 cm³/mol. The first-order valence-electron chi connectivity index (χ1n) is 11.1. The Morgan fingerprint density at radius 3 is 2.66 bits per heavy atom. The van der Waals surface area contributed by atoms with Gasteiger partial charge in [-0.25, -0.2) is 9.97 Å². The van der Waals surface area contributed by atoms with Gasteiger partial charge in [-0.05, 0) is 37.8 Å². The molecule has 0 spiro atoms. The van der Waals surface area contributed by atoms with Crippen LogP contribution in [0.25, 0.3) is 11.4 Å². The summed E-state index contributed by atoms with van der Waals surface area (Å²) in [5.41, 5.74) is 3.32. The van der Waals surface area contributed by atoms with Crippen molar-refractivity contribution >= 4 is 17.4 Å². The van der Waals surface area contributed by atoms with E-state index in [0.29, 0.717) is 35.5 Å². The number of likely N-dealkylation sites (tertiary alicyclic amines) is 1. The van der Waals surface area contributed by atoms with Crippen LogP contribution in [-0.4, -0.2) is 48.3 Å². The van der Waals surface area contributed by atoms with E-state index in [1.807, 2.05) is 23.1 Å². The fourth-order valence-electron chi connectivity index (χ4n) is 4.02. The number of rotatable bonds is 5. The zero-order valence-corrected chi connectivity index (χ0v) is 19.0. The van der Waals surface area contributed by atoms with Gasteiger partial charge in [-0.15, -0.1) is 0 Å². The Hall–Kier alpha value is -3.42. The molecule has 166 valence electrons. The quantitative estimate of drug-likeness (QED) is 0.643. The predicted octanol–water partition coefficient (Wildman–Crippen LogP) is 4.31. The molecule has 0 aliphatic carbocycles. The second-order valence-corrected chi connectivity index (χ2v) is 8.63. The van der Waals surface area contributed by atoms with E-state index in [9.17, 15) is 4.79 Å². The average Bonchev–Trinajstić information content (AvgIpc) is 2.79. The van der Waals surface area contributed by atoms with Crippen LogP contribution in [0.2, 0.25) is 0 Å². The molecule has 1 fully saturated rings. The molecular weight excluding hydrogens is 402 g/mol. The van der Waals surface area contributed by atoms with Crippen LogP contribution in [0, 0.1) is 0 Å². The standard InChI is InChI=1S/C24H29N7O/c1-15(2)20-11-19(7-8-26-20)28-23-12-21(22-13-25-9-10-27-22)29-24(30-23)18-6-5-16(3)31(14-18)17(4)32/h7-13,15-16,18H,5-6,14H2,1-4H3,(H,26,28,29,30)/t16-,18+/m0/s1. The molecule has 0 unspecified atom stereocenters. The van der Waals surface area contributed by atoms with Gasteiger partial charge in [-0.3, -0.25) is 19.7 Å². The van der Waals surface area contributed by atoms with E-state index in [0.717, 1.165) is 24.2 Å². The molecule has 8 heteroatoms. The lowest BCUT2D eigenvalue weighted by Gasteiger charge is -2.37. The van der Waals surface area contributed by atoms with Crippen LogP contribution < -0.4 is 5.32 Å². The highest BCUT2D eigenvalue weighted by atomic mass is 16.2. The zero-order chi connectivity index (χ0) is 22.7. The van der Waals surface area contributed by atoms with Crippen molar-refractivity contribution in [2.75, 3.05) is 11.9 Å². The largest absolute Gasteiger partial charge is 0.340 e. The van der Waals surface area contributed by atoms with Crippen molar-refractivity contribution in [3.63, 3.8) is 0 Å². The fourth-order valence-corrected chi connectivity index (χ4v) is 4.02. The van der Waals surface area contributed by atoms with Crippen LogP contribution in [0.3, 0.4) is 0 Å². The number of nitrogens with one attached hydrogen (secondary N) is 1. The van der Waals surface area contributed by atoms with Crippen molar-refractivity contribution in [1.82, 2.24) is 29.8 Å². The summed E-state index contributed by atoms with van der Waals surface area (Å²) in [7, 11) is 0. The minimum absolute atomic E-state index is 0.0657. The van der Waals surface area contributed by atoms with Gasteiger partial charge in [0, 0.05) is 61.5 Å². The van der Waals surface area contributed by atoms with E-state index in [-0.39, 0.29) is 17.9 Å². The first-order chi connectivity index (χ1) is 15.4. The normalized spacial score (nSPS) is 18.6. The Labute approximate surface area is 188 Å². The van der Waals surface area contributed by atoms with Gasteiger partial charge >= 0.3 is 0 Å². The van der Waals surface area contributed by atoms with Gasteiger partial charge in [-0.2, -0.15) is 0 Å². The first-order valence-corrected chi connectivity index (χ1v) is 11.1. The lowest BCUT2D eigenvalue weighted by atomic mass is 9.92. The van der Waals surface area contributed by atoms with Crippen molar-refractivity contribution in [2.45, 2.75) is 58.4 Å². The Kier molecular flexibility index (Phi) is 6.39. The van der Waals surface area contributed by atoms with Gasteiger partial charge in [0.15, 0.2) is 0 Å². The van der Waals surface area contributed by atoms with E-state index in [1.165, 1.54) is 0 Å². The third-order valence-electron chi connectivity index (χ3n) is 5.87. The molecule has 1 aliphatic heterocycles. The molecule has 0 bridgehead atoms. The van der Waals surface area contributed by atoms with E-state index >= 15 is 0 Å². The number of carbonyl (C=O) groups is 1. The summed E-state index contributed by atoms with van der Waals surface area (Å²) in [5, 5.41) is 3.41. The summed E-state index contributed by atoms with van der Waals surface area (Å²) in [6.45, 7) is 8.57. The van der Waals surface area contributed by atoms with Crippen LogP contribution >= 0.6 is 0 Å². The number of piperidine rings is 1. The molecule has 3 aromatic heterocycles. The number of hydrogen-bond acceptors (Lipinski definition) is 7. The molecule has 1 saturated heterocycles. The molecule has 2 atom stereocenters. The smallest absolute Gasteiger partial charge is 0.219 e. The van der Waals surface area contributed by atoms with Gasteiger partial charge in [0.25, 0.3) is 0 Å². The molecule has 0 saturated carbocycles. The van der Waals surface area contributed by atoms with Crippen molar-refractivity contribution in [3.05, 3.63) is 54.5 Å². The molecule has 1 aliphatic rings. The SMILES string of the molecule is CC(=O)N1C[C@H](c2nc(Nc3ccnc(C(C)C)c3)cc(-c3cnccn3)n2)CC[C@@H]1C. The molecule has 8 nitrogen and oxygen atoms in total. The molecule has 1 N–H and O–H groups in total. The highest BCUT2D eigenvalue weighted by molar-refractivity contribution is 5.73. The van der Waals surface area contributed by atoms with E-state index in [1.54, 1.807) is 31.7 Å². The molecule has 4 rings (SSSR count). The maximum atomic E-state index is 12.1. The fraction of sp³-hybridized carbons (Fsp3) is 0.417. The molecule has 4 heterocycles. The maximum absolute atomic E-state index is 12.1. The summed E-state index contributed by atoms with van der Waals surface area (Å²) >= 11 is 0. The number of aromatic nitrogens is 5.